The number of aryl methyl sites for hydroxylation is 1. The molecule has 1 aromatic rings. The van der Waals surface area contributed by atoms with Crippen molar-refractivity contribution < 1.29 is 19.1 Å². The fraction of sp³-hybridized carbons (Fsp3) is 0.500. The van der Waals surface area contributed by atoms with Gasteiger partial charge in [-0.3, -0.25) is 9.59 Å². The average molecular weight is 308 g/mol. The lowest BCUT2D eigenvalue weighted by molar-refractivity contribution is -0.114. The molecule has 0 heterocycles. The molecule has 6 nitrogen and oxygen atoms in total. The van der Waals surface area contributed by atoms with Crippen molar-refractivity contribution in [1.82, 2.24) is 4.90 Å². The van der Waals surface area contributed by atoms with Crippen LogP contribution in [0, 0.1) is 6.92 Å². The highest BCUT2D eigenvalue weighted by molar-refractivity contribution is 5.97. The van der Waals surface area contributed by atoms with Gasteiger partial charge in [0.2, 0.25) is 5.91 Å². The molecule has 2 amide bonds. The van der Waals surface area contributed by atoms with Crippen LogP contribution in [0.25, 0.3) is 0 Å². The van der Waals surface area contributed by atoms with E-state index in [-0.39, 0.29) is 11.8 Å². The number of nitrogens with one attached hydrogen (secondary N) is 1. The summed E-state index contributed by atoms with van der Waals surface area (Å²) in [6, 6.07) is 5.28. The molecular weight excluding hydrogens is 284 g/mol. The normalized spacial score (nSPS) is 10.4. The van der Waals surface area contributed by atoms with E-state index in [2.05, 4.69) is 5.32 Å². The second-order valence-electron chi connectivity index (χ2n) is 4.99. The van der Waals surface area contributed by atoms with Crippen LogP contribution in [0.1, 0.15) is 22.8 Å². The molecule has 0 bridgehead atoms. The number of methoxy groups -OCH3 is 2. The number of anilines is 1. The summed E-state index contributed by atoms with van der Waals surface area (Å²) in [7, 11) is 3.19. The predicted octanol–water partition coefficient (Wildman–Crippen LogP) is 1.69. The summed E-state index contributed by atoms with van der Waals surface area (Å²) >= 11 is 0. The van der Waals surface area contributed by atoms with Gasteiger partial charge in [-0.15, -0.1) is 0 Å². The molecule has 6 heteroatoms. The monoisotopic (exact) mass is 308 g/mol. The van der Waals surface area contributed by atoms with Crippen LogP contribution < -0.4 is 5.32 Å². The Hall–Kier alpha value is -1.92. The fourth-order valence-electron chi connectivity index (χ4n) is 1.98. The maximum atomic E-state index is 12.6. The highest BCUT2D eigenvalue weighted by Crippen LogP contribution is 2.18. The minimum atomic E-state index is -0.164. The van der Waals surface area contributed by atoms with E-state index < -0.39 is 0 Å². The predicted molar refractivity (Wildman–Crippen MR) is 85.1 cm³/mol. The maximum absolute atomic E-state index is 12.6. The first-order valence-corrected chi connectivity index (χ1v) is 7.15. The Morgan fingerprint density at radius 3 is 2.23 bits per heavy atom. The summed E-state index contributed by atoms with van der Waals surface area (Å²) in [4.78, 5) is 25.5. The van der Waals surface area contributed by atoms with E-state index in [1.54, 1.807) is 31.3 Å². The van der Waals surface area contributed by atoms with Gasteiger partial charge in [0.05, 0.1) is 13.2 Å². The average Bonchev–Trinajstić information content (AvgIpc) is 2.48. The fourth-order valence-corrected chi connectivity index (χ4v) is 1.98. The van der Waals surface area contributed by atoms with E-state index in [4.69, 9.17) is 9.47 Å². The van der Waals surface area contributed by atoms with Crippen LogP contribution in [0.3, 0.4) is 0 Å². The maximum Gasteiger partial charge on any atom is 0.254 e. The number of rotatable bonds is 8. The topological polar surface area (TPSA) is 67.9 Å². The number of carbonyl (C=O) groups excluding carboxylic acids is 2. The van der Waals surface area contributed by atoms with Gasteiger partial charge in [0.25, 0.3) is 5.91 Å². The Balaban J connectivity index is 2.94. The smallest absolute Gasteiger partial charge is 0.254 e. The number of ether oxygens (including phenoxy) is 2. The molecular formula is C16H24N2O4. The van der Waals surface area contributed by atoms with Crippen molar-refractivity contribution in [2.75, 3.05) is 45.8 Å². The number of carbonyl (C=O) groups is 2. The van der Waals surface area contributed by atoms with Gasteiger partial charge in [-0.2, -0.15) is 0 Å². The minimum absolute atomic E-state index is 0.110. The second kappa shape index (κ2) is 9.17. The van der Waals surface area contributed by atoms with Crippen LogP contribution in [-0.2, 0) is 14.3 Å². The van der Waals surface area contributed by atoms with Crippen molar-refractivity contribution in [2.24, 2.45) is 0 Å². The molecule has 0 aliphatic heterocycles. The zero-order valence-corrected chi connectivity index (χ0v) is 13.6. The van der Waals surface area contributed by atoms with Gasteiger partial charge in [0, 0.05) is 45.5 Å². The van der Waals surface area contributed by atoms with Crippen LogP contribution in [-0.4, -0.2) is 57.2 Å². The van der Waals surface area contributed by atoms with E-state index in [0.29, 0.717) is 37.6 Å². The first-order chi connectivity index (χ1) is 10.5. The largest absolute Gasteiger partial charge is 0.383 e. The molecule has 0 aliphatic rings. The third-order valence-electron chi connectivity index (χ3n) is 3.21. The Bertz CT molecular complexity index is 509. The number of hydrogen-bond donors (Lipinski definition) is 1. The van der Waals surface area contributed by atoms with E-state index in [9.17, 15) is 9.59 Å². The van der Waals surface area contributed by atoms with Crippen molar-refractivity contribution >= 4 is 17.5 Å². The Labute approximate surface area is 131 Å². The Morgan fingerprint density at radius 1 is 1.14 bits per heavy atom. The zero-order valence-electron chi connectivity index (χ0n) is 13.6. The molecule has 0 fully saturated rings. The molecule has 0 radical (unpaired) electrons. The summed E-state index contributed by atoms with van der Waals surface area (Å²) in [5.74, 6) is -0.274. The van der Waals surface area contributed by atoms with Crippen molar-refractivity contribution in [3.8, 4) is 0 Å². The highest BCUT2D eigenvalue weighted by atomic mass is 16.5. The van der Waals surface area contributed by atoms with Crippen LogP contribution >= 0.6 is 0 Å². The lowest BCUT2D eigenvalue weighted by Crippen LogP contribution is -2.36. The quantitative estimate of drug-likeness (QED) is 0.793. The SMILES string of the molecule is COCCN(CCOC)C(=O)c1ccc(C)c(NC(C)=O)c1. The molecule has 1 aromatic carbocycles. The Morgan fingerprint density at radius 2 is 1.73 bits per heavy atom. The van der Waals surface area contributed by atoms with E-state index >= 15 is 0 Å². The third-order valence-corrected chi connectivity index (χ3v) is 3.21. The lowest BCUT2D eigenvalue weighted by atomic mass is 10.1. The lowest BCUT2D eigenvalue weighted by Gasteiger charge is -2.22. The Kier molecular flexibility index (Phi) is 7.56. The van der Waals surface area contributed by atoms with E-state index in [1.165, 1.54) is 6.92 Å². The molecule has 22 heavy (non-hydrogen) atoms. The van der Waals surface area contributed by atoms with E-state index in [0.717, 1.165) is 5.56 Å². The van der Waals surface area contributed by atoms with Gasteiger partial charge in [-0.1, -0.05) is 6.07 Å². The van der Waals surface area contributed by atoms with Crippen LogP contribution in [0.4, 0.5) is 5.69 Å². The minimum Gasteiger partial charge on any atom is -0.383 e. The number of amides is 2. The van der Waals surface area contributed by atoms with Gasteiger partial charge in [-0.05, 0) is 24.6 Å². The zero-order chi connectivity index (χ0) is 16.5. The molecule has 0 atom stereocenters. The first kappa shape index (κ1) is 18.1. The van der Waals surface area contributed by atoms with Crippen LogP contribution in [0.5, 0.6) is 0 Å². The number of benzene rings is 1. The standard InChI is InChI=1S/C16H24N2O4/c1-12-5-6-14(11-15(12)17-13(2)19)16(20)18(7-9-21-3)8-10-22-4/h5-6,11H,7-10H2,1-4H3,(H,17,19). The summed E-state index contributed by atoms with van der Waals surface area (Å²) in [6.07, 6.45) is 0. The van der Waals surface area contributed by atoms with Gasteiger partial charge in [-0.25, -0.2) is 0 Å². The third kappa shape index (κ3) is 5.46. The molecule has 0 spiro atoms. The number of hydrogen-bond acceptors (Lipinski definition) is 4. The highest BCUT2D eigenvalue weighted by Gasteiger charge is 2.16. The molecule has 122 valence electrons. The van der Waals surface area contributed by atoms with Gasteiger partial charge < -0.3 is 19.7 Å². The van der Waals surface area contributed by atoms with E-state index in [1.807, 2.05) is 13.0 Å². The first-order valence-electron chi connectivity index (χ1n) is 7.15. The molecule has 1 rings (SSSR count). The van der Waals surface area contributed by atoms with Gasteiger partial charge in [0.1, 0.15) is 0 Å². The van der Waals surface area contributed by atoms with Crippen molar-refractivity contribution in [1.29, 1.82) is 0 Å². The van der Waals surface area contributed by atoms with Crippen LogP contribution in [0.15, 0.2) is 18.2 Å². The number of nitrogens with zero attached hydrogens (tertiary/aromatic N) is 1. The van der Waals surface area contributed by atoms with Crippen molar-refractivity contribution in [2.45, 2.75) is 13.8 Å². The summed E-state index contributed by atoms with van der Waals surface area (Å²) < 4.78 is 10.1. The summed E-state index contributed by atoms with van der Waals surface area (Å²) in [5, 5.41) is 2.73. The van der Waals surface area contributed by atoms with Crippen LogP contribution in [0.2, 0.25) is 0 Å². The molecule has 0 saturated heterocycles. The molecule has 0 aliphatic carbocycles. The summed E-state index contributed by atoms with van der Waals surface area (Å²) in [5.41, 5.74) is 2.09. The van der Waals surface area contributed by atoms with Crippen molar-refractivity contribution in [3.05, 3.63) is 29.3 Å². The summed E-state index contributed by atoms with van der Waals surface area (Å²) in [6.45, 7) is 5.22. The molecule has 0 aromatic heterocycles. The van der Waals surface area contributed by atoms with Gasteiger partial charge >= 0.3 is 0 Å². The second-order valence-corrected chi connectivity index (χ2v) is 4.99. The van der Waals surface area contributed by atoms with Gasteiger partial charge in [0.15, 0.2) is 0 Å². The molecule has 1 N–H and O–H groups in total. The molecule has 0 unspecified atom stereocenters. The molecule has 0 saturated carbocycles. The van der Waals surface area contributed by atoms with Crippen molar-refractivity contribution in [3.63, 3.8) is 0 Å².